The number of nitrogens with one attached hydrogen (secondary N) is 2. The van der Waals surface area contributed by atoms with E-state index in [-0.39, 0.29) is 22.7 Å². The number of amides is 1. The standard InChI is InChI=1S/C19H26N6O4/c1-12-7-8-13(18(26)23-29-6)9-14(12)22-16-15(25(27)28)17(21-11-20-16)24(5)10-19(2,3)4/h7-9,11H,10H2,1-6H3,(H,23,26)(H,20,21,22). The highest BCUT2D eigenvalue weighted by molar-refractivity contribution is 5.95. The van der Waals surface area contributed by atoms with Crippen LogP contribution in [0.4, 0.5) is 23.0 Å². The van der Waals surface area contributed by atoms with E-state index in [1.807, 2.05) is 27.7 Å². The van der Waals surface area contributed by atoms with E-state index >= 15 is 0 Å². The molecule has 1 aromatic heterocycles. The molecule has 2 N–H and O–H groups in total. The van der Waals surface area contributed by atoms with Gasteiger partial charge in [-0.3, -0.25) is 19.7 Å². The minimum absolute atomic E-state index is 0.0492. The molecule has 29 heavy (non-hydrogen) atoms. The molecule has 1 aromatic carbocycles. The van der Waals surface area contributed by atoms with Crippen LogP contribution in [-0.2, 0) is 4.84 Å². The van der Waals surface area contributed by atoms with Crippen LogP contribution in [0.3, 0.4) is 0 Å². The van der Waals surface area contributed by atoms with Crippen molar-refractivity contribution < 1.29 is 14.6 Å². The Morgan fingerprint density at radius 1 is 1.31 bits per heavy atom. The second-order valence-electron chi connectivity index (χ2n) is 7.86. The zero-order valence-electron chi connectivity index (χ0n) is 17.4. The molecular weight excluding hydrogens is 376 g/mol. The molecule has 156 valence electrons. The first kappa shape index (κ1) is 22.0. The van der Waals surface area contributed by atoms with Gasteiger partial charge in [0.1, 0.15) is 6.33 Å². The Morgan fingerprint density at radius 2 is 2.00 bits per heavy atom. The van der Waals surface area contributed by atoms with Crippen LogP contribution in [0, 0.1) is 22.5 Å². The Kier molecular flexibility index (Phi) is 6.70. The topological polar surface area (TPSA) is 123 Å². The van der Waals surface area contributed by atoms with Gasteiger partial charge in [-0.25, -0.2) is 15.4 Å². The molecule has 0 saturated carbocycles. The summed E-state index contributed by atoms with van der Waals surface area (Å²) >= 11 is 0. The minimum Gasteiger partial charge on any atom is -0.353 e. The lowest BCUT2D eigenvalue weighted by Crippen LogP contribution is -2.30. The molecule has 0 unspecified atom stereocenters. The number of rotatable bonds is 7. The Balaban J connectivity index is 2.46. The van der Waals surface area contributed by atoms with Gasteiger partial charge in [-0.05, 0) is 30.0 Å². The van der Waals surface area contributed by atoms with Gasteiger partial charge in [0.15, 0.2) is 0 Å². The number of carbonyl (C=O) groups excluding carboxylic acids is 1. The van der Waals surface area contributed by atoms with Crippen LogP contribution in [0.15, 0.2) is 24.5 Å². The predicted octanol–water partition coefficient (Wildman–Crippen LogP) is 3.21. The number of anilines is 3. The third-order valence-corrected chi connectivity index (χ3v) is 4.01. The van der Waals surface area contributed by atoms with Gasteiger partial charge >= 0.3 is 5.69 Å². The van der Waals surface area contributed by atoms with Gasteiger partial charge < -0.3 is 10.2 Å². The molecule has 0 aliphatic carbocycles. The first-order valence-electron chi connectivity index (χ1n) is 8.95. The normalized spacial score (nSPS) is 11.1. The zero-order valence-corrected chi connectivity index (χ0v) is 17.4. The van der Waals surface area contributed by atoms with Crippen molar-refractivity contribution in [2.24, 2.45) is 5.41 Å². The maximum absolute atomic E-state index is 12.0. The fourth-order valence-corrected chi connectivity index (χ4v) is 2.87. The molecule has 0 saturated heterocycles. The van der Waals surface area contributed by atoms with Gasteiger partial charge in [0, 0.05) is 24.8 Å². The van der Waals surface area contributed by atoms with Crippen molar-refractivity contribution in [1.29, 1.82) is 0 Å². The van der Waals surface area contributed by atoms with Crippen molar-refractivity contribution in [2.45, 2.75) is 27.7 Å². The van der Waals surface area contributed by atoms with E-state index in [0.29, 0.717) is 17.8 Å². The van der Waals surface area contributed by atoms with Crippen molar-refractivity contribution in [1.82, 2.24) is 15.4 Å². The highest BCUT2D eigenvalue weighted by Crippen LogP contribution is 2.35. The SMILES string of the molecule is CONC(=O)c1ccc(C)c(Nc2ncnc(N(C)CC(C)(C)C)c2[N+](=O)[O-])c1. The quantitative estimate of drug-likeness (QED) is 0.535. The van der Waals surface area contributed by atoms with Gasteiger partial charge in [0.25, 0.3) is 5.91 Å². The van der Waals surface area contributed by atoms with Crippen LogP contribution < -0.4 is 15.7 Å². The Hall–Kier alpha value is -3.27. The van der Waals surface area contributed by atoms with Gasteiger partial charge in [0.2, 0.25) is 11.6 Å². The molecule has 0 aliphatic rings. The molecule has 0 fully saturated rings. The monoisotopic (exact) mass is 402 g/mol. The molecule has 10 nitrogen and oxygen atoms in total. The lowest BCUT2D eigenvalue weighted by molar-refractivity contribution is -0.383. The van der Waals surface area contributed by atoms with E-state index in [9.17, 15) is 14.9 Å². The summed E-state index contributed by atoms with van der Waals surface area (Å²) in [4.78, 5) is 37.9. The van der Waals surface area contributed by atoms with E-state index in [1.54, 1.807) is 30.1 Å². The fourth-order valence-electron chi connectivity index (χ4n) is 2.87. The third-order valence-electron chi connectivity index (χ3n) is 4.01. The number of nitro groups is 1. The number of nitrogens with zero attached hydrogens (tertiary/aromatic N) is 4. The Bertz CT molecular complexity index is 910. The van der Waals surface area contributed by atoms with Gasteiger partial charge in [-0.2, -0.15) is 0 Å². The van der Waals surface area contributed by atoms with Crippen LogP contribution in [0.2, 0.25) is 0 Å². The Morgan fingerprint density at radius 3 is 2.59 bits per heavy atom. The number of hydrogen-bond donors (Lipinski definition) is 2. The number of benzene rings is 1. The van der Waals surface area contributed by atoms with Crippen LogP contribution in [0.1, 0.15) is 36.7 Å². The van der Waals surface area contributed by atoms with Crippen LogP contribution in [0.25, 0.3) is 0 Å². The summed E-state index contributed by atoms with van der Waals surface area (Å²) in [7, 11) is 3.09. The van der Waals surface area contributed by atoms with Crippen LogP contribution >= 0.6 is 0 Å². The van der Waals surface area contributed by atoms with Crippen molar-refractivity contribution in [3.8, 4) is 0 Å². The maximum atomic E-state index is 12.0. The largest absolute Gasteiger partial charge is 0.353 e. The molecule has 1 heterocycles. The fraction of sp³-hybridized carbons (Fsp3) is 0.421. The van der Waals surface area contributed by atoms with Crippen molar-refractivity contribution >= 4 is 28.9 Å². The van der Waals surface area contributed by atoms with Crippen LogP contribution in [0.5, 0.6) is 0 Å². The highest BCUT2D eigenvalue weighted by atomic mass is 16.6. The summed E-state index contributed by atoms with van der Waals surface area (Å²) in [6, 6.07) is 4.94. The summed E-state index contributed by atoms with van der Waals surface area (Å²) in [5.41, 5.74) is 3.56. The van der Waals surface area contributed by atoms with Crippen molar-refractivity contribution in [3.63, 3.8) is 0 Å². The van der Waals surface area contributed by atoms with E-state index in [4.69, 9.17) is 0 Å². The smallest absolute Gasteiger partial charge is 0.353 e. The molecule has 2 rings (SSSR count). The number of carbonyl (C=O) groups is 1. The van der Waals surface area contributed by atoms with Crippen molar-refractivity contribution in [3.05, 3.63) is 45.8 Å². The van der Waals surface area contributed by atoms with E-state index in [1.165, 1.54) is 13.4 Å². The van der Waals surface area contributed by atoms with Crippen molar-refractivity contribution in [2.75, 3.05) is 30.9 Å². The van der Waals surface area contributed by atoms with Crippen LogP contribution in [-0.4, -0.2) is 41.5 Å². The molecule has 10 heteroatoms. The first-order chi connectivity index (χ1) is 13.5. The summed E-state index contributed by atoms with van der Waals surface area (Å²) in [6.07, 6.45) is 1.28. The van der Waals surface area contributed by atoms with Gasteiger partial charge in [0.05, 0.1) is 12.0 Å². The molecule has 0 aliphatic heterocycles. The summed E-state index contributed by atoms with van der Waals surface area (Å²) in [5, 5.41) is 14.8. The van der Waals surface area contributed by atoms with Gasteiger partial charge in [-0.15, -0.1) is 0 Å². The summed E-state index contributed by atoms with van der Waals surface area (Å²) in [6.45, 7) is 8.50. The molecule has 2 aromatic rings. The summed E-state index contributed by atoms with van der Waals surface area (Å²) < 4.78 is 0. The van der Waals surface area contributed by atoms with E-state index < -0.39 is 10.8 Å². The molecule has 0 bridgehead atoms. The van der Waals surface area contributed by atoms with Gasteiger partial charge in [-0.1, -0.05) is 26.8 Å². The lowest BCUT2D eigenvalue weighted by atomic mass is 9.96. The first-order valence-corrected chi connectivity index (χ1v) is 8.95. The highest BCUT2D eigenvalue weighted by Gasteiger charge is 2.28. The predicted molar refractivity (Wildman–Crippen MR) is 110 cm³/mol. The third kappa shape index (κ3) is 5.61. The Labute approximate surface area is 169 Å². The maximum Gasteiger partial charge on any atom is 0.353 e. The minimum atomic E-state index is -0.506. The number of hydroxylamine groups is 1. The molecule has 0 radical (unpaired) electrons. The molecule has 0 atom stereocenters. The molecule has 0 spiro atoms. The number of hydrogen-bond acceptors (Lipinski definition) is 8. The average Bonchev–Trinajstić information content (AvgIpc) is 2.61. The van der Waals surface area contributed by atoms with E-state index in [0.717, 1.165) is 5.56 Å². The van der Waals surface area contributed by atoms with E-state index in [2.05, 4.69) is 25.6 Å². The molecular formula is C19H26N6O4. The molecule has 1 amide bonds. The number of aromatic nitrogens is 2. The second-order valence-corrected chi connectivity index (χ2v) is 7.86. The lowest BCUT2D eigenvalue weighted by Gasteiger charge is -2.27. The second kappa shape index (κ2) is 8.82. The average molecular weight is 402 g/mol. The zero-order chi connectivity index (χ0) is 21.8. The number of aryl methyl sites for hydroxylation is 1. The summed E-state index contributed by atoms with van der Waals surface area (Å²) in [5.74, 6) is -0.167.